The number of rotatable bonds is 3. The van der Waals surface area contributed by atoms with Crippen LogP contribution in [0.3, 0.4) is 0 Å². The zero-order chi connectivity index (χ0) is 11.1. The van der Waals surface area contributed by atoms with Crippen LogP contribution in [0.4, 0.5) is 0 Å². The molecule has 3 rings (SSSR count). The summed E-state index contributed by atoms with van der Waals surface area (Å²) in [5.74, 6) is 3.63. The van der Waals surface area contributed by atoms with Crippen LogP contribution in [0, 0.1) is 18.8 Å². The molecule has 1 heterocycles. The van der Waals surface area contributed by atoms with Crippen LogP contribution < -0.4 is 5.32 Å². The van der Waals surface area contributed by atoms with Crippen LogP contribution in [0.25, 0.3) is 0 Å². The van der Waals surface area contributed by atoms with Crippen molar-refractivity contribution in [3.8, 4) is 0 Å². The first-order valence-corrected chi connectivity index (χ1v) is 6.40. The van der Waals surface area contributed by atoms with Crippen LogP contribution in [0.15, 0.2) is 10.6 Å². The van der Waals surface area contributed by atoms with Gasteiger partial charge in [-0.15, -0.1) is 0 Å². The van der Waals surface area contributed by atoms with Crippen molar-refractivity contribution < 1.29 is 4.42 Å². The molecular weight excluding hydrogens is 200 g/mol. The molecule has 2 saturated carbocycles. The lowest BCUT2D eigenvalue weighted by molar-refractivity contribution is 0.300. The molecule has 3 nitrogen and oxygen atoms in total. The lowest BCUT2D eigenvalue weighted by atomic mass is 9.95. The maximum Gasteiger partial charge on any atom is 0.211 e. The third-order valence-electron chi connectivity index (χ3n) is 4.21. The number of hydrogen-bond donors (Lipinski definition) is 1. The Bertz CT molecular complexity index is 374. The van der Waals surface area contributed by atoms with Crippen molar-refractivity contribution in [1.29, 1.82) is 0 Å². The predicted molar refractivity (Wildman–Crippen MR) is 62.0 cm³/mol. The minimum atomic E-state index is 0.248. The molecule has 0 aromatic carbocycles. The van der Waals surface area contributed by atoms with Gasteiger partial charge in [-0.1, -0.05) is 6.42 Å². The summed E-state index contributed by atoms with van der Waals surface area (Å²) in [6, 6.07) is 0.944. The van der Waals surface area contributed by atoms with Crippen molar-refractivity contribution in [2.24, 2.45) is 11.8 Å². The monoisotopic (exact) mass is 220 g/mol. The molecule has 0 radical (unpaired) electrons. The first-order chi connectivity index (χ1) is 7.72. The van der Waals surface area contributed by atoms with E-state index in [1.165, 1.54) is 25.7 Å². The highest BCUT2D eigenvalue weighted by Crippen LogP contribution is 2.45. The Morgan fingerprint density at radius 2 is 2.31 bits per heavy atom. The molecule has 2 aliphatic rings. The third-order valence-corrected chi connectivity index (χ3v) is 4.21. The van der Waals surface area contributed by atoms with E-state index in [4.69, 9.17) is 4.42 Å². The van der Waals surface area contributed by atoms with E-state index in [9.17, 15) is 0 Å². The molecule has 4 atom stereocenters. The number of oxazole rings is 1. The average Bonchev–Trinajstić information content (AvgIpc) is 2.92. The zero-order valence-corrected chi connectivity index (χ0v) is 10.1. The minimum Gasteiger partial charge on any atom is -0.444 e. The fourth-order valence-electron chi connectivity index (χ4n) is 3.41. The first-order valence-electron chi connectivity index (χ1n) is 6.40. The molecule has 0 saturated heterocycles. The Balaban J connectivity index is 1.62. The van der Waals surface area contributed by atoms with Crippen LogP contribution in [0.5, 0.6) is 0 Å². The largest absolute Gasteiger partial charge is 0.444 e. The van der Waals surface area contributed by atoms with Gasteiger partial charge in [0, 0.05) is 6.04 Å². The molecule has 0 aliphatic heterocycles. The van der Waals surface area contributed by atoms with Gasteiger partial charge in [-0.05, 0) is 44.9 Å². The topological polar surface area (TPSA) is 38.1 Å². The molecule has 0 spiro atoms. The summed E-state index contributed by atoms with van der Waals surface area (Å²) in [6.45, 7) is 4.10. The van der Waals surface area contributed by atoms with Gasteiger partial charge in [-0.2, -0.15) is 0 Å². The van der Waals surface area contributed by atoms with E-state index >= 15 is 0 Å². The SMILES string of the molecule is Cc1cnc(C(C)NC2CC3CCC2C3)o1. The van der Waals surface area contributed by atoms with Crippen molar-refractivity contribution >= 4 is 0 Å². The predicted octanol–water partition coefficient (Wildman–Crippen LogP) is 2.82. The molecule has 1 aromatic rings. The van der Waals surface area contributed by atoms with E-state index in [1.54, 1.807) is 6.20 Å². The number of fused-ring (bicyclic) bond motifs is 2. The molecule has 0 amide bonds. The second-order valence-electron chi connectivity index (χ2n) is 5.48. The highest BCUT2D eigenvalue weighted by molar-refractivity contribution is 4.99. The summed E-state index contributed by atoms with van der Waals surface area (Å²) in [6.07, 6.45) is 7.47. The van der Waals surface area contributed by atoms with Gasteiger partial charge in [0.15, 0.2) is 0 Å². The van der Waals surface area contributed by atoms with E-state index in [0.29, 0.717) is 6.04 Å². The van der Waals surface area contributed by atoms with Crippen LogP contribution in [0.2, 0.25) is 0 Å². The fourth-order valence-corrected chi connectivity index (χ4v) is 3.41. The highest BCUT2D eigenvalue weighted by Gasteiger charge is 2.40. The number of nitrogens with one attached hydrogen (secondary N) is 1. The molecule has 1 N–H and O–H groups in total. The summed E-state index contributed by atoms with van der Waals surface area (Å²) < 4.78 is 5.56. The third kappa shape index (κ3) is 1.77. The summed E-state index contributed by atoms with van der Waals surface area (Å²) in [5.41, 5.74) is 0. The van der Waals surface area contributed by atoms with Crippen molar-refractivity contribution in [2.75, 3.05) is 0 Å². The van der Waals surface area contributed by atoms with Gasteiger partial charge in [-0.3, -0.25) is 0 Å². The van der Waals surface area contributed by atoms with Gasteiger partial charge in [0.25, 0.3) is 0 Å². The second-order valence-corrected chi connectivity index (χ2v) is 5.48. The molecule has 16 heavy (non-hydrogen) atoms. The molecular formula is C13H20N2O. The lowest BCUT2D eigenvalue weighted by Crippen LogP contribution is -2.35. The summed E-state index contributed by atoms with van der Waals surface area (Å²) in [4.78, 5) is 4.29. The van der Waals surface area contributed by atoms with E-state index in [1.807, 2.05) is 6.92 Å². The van der Waals surface area contributed by atoms with Crippen LogP contribution in [-0.4, -0.2) is 11.0 Å². The molecule has 88 valence electrons. The molecule has 1 aromatic heterocycles. The van der Waals surface area contributed by atoms with Gasteiger partial charge < -0.3 is 9.73 Å². The van der Waals surface area contributed by atoms with Crippen LogP contribution in [0.1, 0.15) is 50.3 Å². The van der Waals surface area contributed by atoms with Crippen molar-refractivity contribution in [2.45, 2.75) is 51.6 Å². The Morgan fingerprint density at radius 1 is 1.44 bits per heavy atom. The maximum atomic E-state index is 5.56. The first kappa shape index (κ1) is 10.3. The Hall–Kier alpha value is -0.830. The van der Waals surface area contributed by atoms with Crippen molar-refractivity contribution in [3.05, 3.63) is 17.8 Å². The second kappa shape index (κ2) is 3.88. The number of aromatic nitrogens is 1. The molecule has 3 heteroatoms. The zero-order valence-electron chi connectivity index (χ0n) is 10.1. The maximum absolute atomic E-state index is 5.56. The van der Waals surface area contributed by atoms with Gasteiger partial charge in [0.1, 0.15) is 5.76 Å². The number of hydrogen-bond acceptors (Lipinski definition) is 3. The quantitative estimate of drug-likeness (QED) is 0.851. The van der Waals surface area contributed by atoms with E-state index in [-0.39, 0.29) is 6.04 Å². The molecule has 2 bridgehead atoms. The van der Waals surface area contributed by atoms with Crippen LogP contribution >= 0.6 is 0 Å². The van der Waals surface area contributed by atoms with E-state index < -0.39 is 0 Å². The van der Waals surface area contributed by atoms with Gasteiger partial charge in [-0.25, -0.2) is 4.98 Å². The van der Waals surface area contributed by atoms with E-state index in [2.05, 4.69) is 17.2 Å². The Kier molecular flexibility index (Phi) is 2.51. The number of aryl methyl sites for hydroxylation is 1. The van der Waals surface area contributed by atoms with Gasteiger partial charge in [0.05, 0.1) is 12.2 Å². The Labute approximate surface area is 96.6 Å². The summed E-state index contributed by atoms with van der Waals surface area (Å²) in [7, 11) is 0. The highest BCUT2D eigenvalue weighted by atomic mass is 16.4. The van der Waals surface area contributed by atoms with Gasteiger partial charge in [0.2, 0.25) is 5.89 Å². The standard InChI is InChI=1S/C13H20N2O/c1-8-7-14-13(16-8)9(2)15-12-6-10-3-4-11(12)5-10/h7,9-12,15H,3-6H2,1-2H3. The number of nitrogens with zero attached hydrogens (tertiary/aromatic N) is 1. The average molecular weight is 220 g/mol. The molecule has 2 fully saturated rings. The smallest absolute Gasteiger partial charge is 0.211 e. The molecule has 4 unspecified atom stereocenters. The minimum absolute atomic E-state index is 0.248. The van der Waals surface area contributed by atoms with Crippen LogP contribution in [-0.2, 0) is 0 Å². The summed E-state index contributed by atoms with van der Waals surface area (Å²) >= 11 is 0. The summed E-state index contributed by atoms with van der Waals surface area (Å²) in [5, 5.41) is 3.68. The normalized spacial score (nSPS) is 34.5. The Morgan fingerprint density at radius 3 is 2.88 bits per heavy atom. The van der Waals surface area contributed by atoms with E-state index in [0.717, 1.165) is 23.5 Å². The van der Waals surface area contributed by atoms with Gasteiger partial charge >= 0.3 is 0 Å². The van der Waals surface area contributed by atoms with Crippen molar-refractivity contribution in [1.82, 2.24) is 10.3 Å². The fraction of sp³-hybridized carbons (Fsp3) is 0.769. The lowest BCUT2D eigenvalue weighted by Gasteiger charge is -2.25. The van der Waals surface area contributed by atoms with Crippen molar-refractivity contribution in [3.63, 3.8) is 0 Å². The molecule has 2 aliphatic carbocycles.